The number of nitrogen functional groups attached to an aromatic ring is 1. The number of hydrogen-bond acceptors (Lipinski definition) is 2. The Hall–Kier alpha value is -2.29. The van der Waals surface area contributed by atoms with E-state index in [1.54, 1.807) is 6.07 Å². The van der Waals surface area contributed by atoms with Crippen molar-refractivity contribution in [1.29, 1.82) is 0 Å². The summed E-state index contributed by atoms with van der Waals surface area (Å²) in [6, 6.07) is 13.7. The van der Waals surface area contributed by atoms with Gasteiger partial charge in [-0.2, -0.15) is 0 Å². The average molecular weight is 282 g/mol. The molecule has 0 radical (unpaired) electrons. The smallest absolute Gasteiger partial charge is 0.256 e. The summed E-state index contributed by atoms with van der Waals surface area (Å²) in [6.07, 6.45) is 0. The monoisotopic (exact) mass is 282 g/mol. The molecule has 0 aromatic heterocycles. The van der Waals surface area contributed by atoms with E-state index in [1.165, 1.54) is 11.1 Å². The summed E-state index contributed by atoms with van der Waals surface area (Å²) >= 11 is 0. The number of benzene rings is 2. The Labute approximate surface area is 126 Å². The Bertz CT molecular complexity index is 649. The minimum atomic E-state index is -0.0121. The van der Waals surface area contributed by atoms with Gasteiger partial charge in [0, 0.05) is 18.8 Å². The van der Waals surface area contributed by atoms with Crippen molar-refractivity contribution in [2.24, 2.45) is 0 Å². The fourth-order valence-electron chi connectivity index (χ4n) is 2.35. The van der Waals surface area contributed by atoms with Gasteiger partial charge in [0.05, 0.1) is 5.56 Å². The van der Waals surface area contributed by atoms with Gasteiger partial charge in [0.15, 0.2) is 0 Å². The maximum absolute atomic E-state index is 12.7. The first-order valence-corrected chi connectivity index (χ1v) is 7.22. The maximum Gasteiger partial charge on any atom is 0.256 e. The van der Waals surface area contributed by atoms with Crippen LogP contribution in [0.25, 0.3) is 0 Å². The van der Waals surface area contributed by atoms with E-state index >= 15 is 0 Å². The Morgan fingerprint density at radius 1 is 1.14 bits per heavy atom. The first-order chi connectivity index (χ1) is 10.0. The molecule has 0 aliphatic heterocycles. The van der Waals surface area contributed by atoms with E-state index in [9.17, 15) is 4.79 Å². The highest BCUT2D eigenvalue weighted by Gasteiger charge is 2.17. The second kappa shape index (κ2) is 6.44. The molecule has 0 fully saturated rings. The van der Waals surface area contributed by atoms with E-state index < -0.39 is 0 Å². The topological polar surface area (TPSA) is 46.3 Å². The van der Waals surface area contributed by atoms with Crippen molar-refractivity contribution in [2.75, 3.05) is 12.3 Å². The Morgan fingerprint density at radius 3 is 2.52 bits per heavy atom. The van der Waals surface area contributed by atoms with Crippen LogP contribution < -0.4 is 5.73 Å². The number of amides is 1. The summed E-state index contributed by atoms with van der Waals surface area (Å²) in [5, 5.41) is 0. The van der Waals surface area contributed by atoms with Crippen LogP contribution >= 0.6 is 0 Å². The Kier molecular flexibility index (Phi) is 4.63. The first kappa shape index (κ1) is 15.1. The van der Waals surface area contributed by atoms with E-state index in [2.05, 4.69) is 19.1 Å². The third-order valence-electron chi connectivity index (χ3n) is 3.73. The lowest BCUT2D eigenvalue weighted by Crippen LogP contribution is -2.31. The molecular formula is C18H22N2O. The van der Waals surface area contributed by atoms with E-state index in [0.717, 1.165) is 5.56 Å². The lowest BCUT2D eigenvalue weighted by molar-refractivity contribution is 0.0753. The zero-order chi connectivity index (χ0) is 15.4. The molecule has 0 atom stereocenters. The largest absolute Gasteiger partial charge is 0.398 e. The standard InChI is InChI=1S/C18H22N2O/c1-4-20(12-15-8-6-5-7-14(15)3)18(21)16-11-13(2)9-10-17(16)19/h5-11H,4,12,19H2,1-3H3. The fraction of sp³-hybridized carbons (Fsp3) is 0.278. The minimum absolute atomic E-state index is 0.0121. The summed E-state index contributed by atoms with van der Waals surface area (Å²) in [6.45, 7) is 7.28. The molecule has 0 saturated heterocycles. The quantitative estimate of drug-likeness (QED) is 0.872. The molecule has 0 saturated carbocycles. The van der Waals surface area contributed by atoms with Crippen LogP contribution in [0.1, 0.15) is 34.0 Å². The molecule has 2 aromatic carbocycles. The van der Waals surface area contributed by atoms with Crippen LogP contribution in [0, 0.1) is 13.8 Å². The van der Waals surface area contributed by atoms with Crippen LogP contribution in [0.4, 0.5) is 5.69 Å². The van der Waals surface area contributed by atoms with Crippen LogP contribution in [0.5, 0.6) is 0 Å². The van der Waals surface area contributed by atoms with Crippen LogP contribution in [-0.2, 0) is 6.54 Å². The van der Waals surface area contributed by atoms with Gasteiger partial charge < -0.3 is 10.6 Å². The van der Waals surface area contributed by atoms with Gasteiger partial charge in [-0.15, -0.1) is 0 Å². The Balaban J connectivity index is 2.27. The van der Waals surface area contributed by atoms with Gasteiger partial charge in [-0.3, -0.25) is 4.79 Å². The minimum Gasteiger partial charge on any atom is -0.398 e. The van der Waals surface area contributed by atoms with E-state index in [-0.39, 0.29) is 5.91 Å². The summed E-state index contributed by atoms with van der Waals surface area (Å²) in [7, 11) is 0. The van der Waals surface area contributed by atoms with Crippen molar-refractivity contribution in [2.45, 2.75) is 27.3 Å². The molecule has 3 heteroatoms. The van der Waals surface area contributed by atoms with E-state index in [4.69, 9.17) is 5.73 Å². The van der Waals surface area contributed by atoms with Crippen molar-refractivity contribution in [3.63, 3.8) is 0 Å². The number of nitrogens with zero attached hydrogens (tertiary/aromatic N) is 1. The summed E-state index contributed by atoms with van der Waals surface area (Å²) in [4.78, 5) is 14.5. The molecule has 110 valence electrons. The molecule has 21 heavy (non-hydrogen) atoms. The predicted molar refractivity (Wildman–Crippen MR) is 87.2 cm³/mol. The molecular weight excluding hydrogens is 260 g/mol. The molecule has 3 nitrogen and oxygen atoms in total. The molecule has 0 spiro atoms. The van der Waals surface area contributed by atoms with Gasteiger partial charge >= 0.3 is 0 Å². The van der Waals surface area contributed by atoms with Gasteiger partial charge in [0.25, 0.3) is 5.91 Å². The van der Waals surface area contributed by atoms with Crippen molar-refractivity contribution in [3.8, 4) is 0 Å². The molecule has 0 heterocycles. The van der Waals surface area contributed by atoms with Crippen molar-refractivity contribution >= 4 is 11.6 Å². The van der Waals surface area contributed by atoms with Crippen molar-refractivity contribution in [1.82, 2.24) is 4.90 Å². The maximum atomic E-state index is 12.7. The summed E-state index contributed by atoms with van der Waals surface area (Å²) in [5.41, 5.74) is 10.5. The highest BCUT2D eigenvalue weighted by Crippen LogP contribution is 2.18. The number of rotatable bonds is 4. The van der Waals surface area contributed by atoms with Gasteiger partial charge in [-0.25, -0.2) is 0 Å². The van der Waals surface area contributed by atoms with Gasteiger partial charge in [-0.05, 0) is 44.0 Å². The molecule has 0 bridgehead atoms. The molecule has 2 aromatic rings. The molecule has 0 unspecified atom stereocenters. The lowest BCUT2D eigenvalue weighted by Gasteiger charge is -2.23. The van der Waals surface area contributed by atoms with Crippen LogP contribution in [-0.4, -0.2) is 17.4 Å². The fourth-order valence-corrected chi connectivity index (χ4v) is 2.35. The zero-order valence-corrected chi connectivity index (χ0v) is 12.9. The number of nitrogens with two attached hydrogens (primary N) is 1. The lowest BCUT2D eigenvalue weighted by atomic mass is 10.1. The second-order valence-corrected chi connectivity index (χ2v) is 5.34. The number of hydrogen-bond donors (Lipinski definition) is 1. The third kappa shape index (κ3) is 3.43. The Morgan fingerprint density at radius 2 is 1.86 bits per heavy atom. The van der Waals surface area contributed by atoms with Gasteiger partial charge in [-0.1, -0.05) is 35.9 Å². The summed E-state index contributed by atoms with van der Waals surface area (Å²) in [5.74, 6) is -0.0121. The van der Waals surface area contributed by atoms with Crippen molar-refractivity contribution in [3.05, 3.63) is 64.7 Å². The zero-order valence-electron chi connectivity index (χ0n) is 12.9. The van der Waals surface area contributed by atoms with E-state index in [1.807, 2.05) is 43.0 Å². The SMILES string of the molecule is CCN(Cc1ccccc1C)C(=O)c1cc(C)ccc1N. The highest BCUT2D eigenvalue weighted by molar-refractivity contribution is 5.99. The van der Waals surface area contributed by atoms with E-state index in [0.29, 0.717) is 24.3 Å². The van der Waals surface area contributed by atoms with Crippen LogP contribution in [0.2, 0.25) is 0 Å². The van der Waals surface area contributed by atoms with Crippen LogP contribution in [0.15, 0.2) is 42.5 Å². The number of carbonyl (C=O) groups is 1. The van der Waals surface area contributed by atoms with Crippen molar-refractivity contribution < 1.29 is 4.79 Å². The molecule has 2 N–H and O–H groups in total. The number of carbonyl (C=O) groups excluding carboxylic acids is 1. The second-order valence-electron chi connectivity index (χ2n) is 5.34. The van der Waals surface area contributed by atoms with Gasteiger partial charge in [0.1, 0.15) is 0 Å². The molecule has 0 aliphatic carbocycles. The molecule has 0 aliphatic rings. The average Bonchev–Trinajstić information content (AvgIpc) is 2.48. The first-order valence-electron chi connectivity index (χ1n) is 7.22. The summed E-state index contributed by atoms with van der Waals surface area (Å²) < 4.78 is 0. The number of aryl methyl sites for hydroxylation is 2. The highest BCUT2D eigenvalue weighted by atomic mass is 16.2. The third-order valence-corrected chi connectivity index (χ3v) is 3.73. The number of anilines is 1. The normalized spacial score (nSPS) is 10.4. The van der Waals surface area contributed by atoms with Crippen LogP contribution in [0.3, 0.4) is 0 Å². The predicted octanol–water partition coefficient (Wildman–Crippen LogP) is 3.55. The molecule has 2 rings (SSSR count). The van der Waals surface area contributed by atoms with Gasteiger partial charge in [0.2, 0.25) is 0 Å². The molecule has 1 amide bonds.